The first-order valence-electron chi connectivity index (χ1n) is 5.42. The van der Waals surface area contributed by atoms with Gasteiger partial charge in [0, 0.05) is 12.4 Å². The zero-order valence-corrected chi connectivity index (χ0v) is 9.59. The Morgan fingerprint density at radius 3 is 2.65 bits per heavy atom. The van der Waals surface area contributed by atoms with Gasteiger partial charge in [-0.1, -0.05) is 0 Å². The highest BCUT2D eigenvalue weighted by molar-refractivity contribution is 5.91. The number of nitrogens with two attached hydrogens (primary N) is 1. The molecule has 4 nitrogen and oxygen atoms in total. The standard InChI is InChI=1S/C13H14N2O2/c1-2-17-13(16)10-5-6-12(11(14)9-10)15-7-3-4-8-15/h3-9H,2,14H2,1H3. The van der Waals surface area contributed by atoms with E-state index in [1.165, 1.54) is 0 Å². The minimum absolute atomic E-state index is 0.349. The van der Waals surface area contributed by atoms with E-state index in [9.17, 15) is 4.79 Å². The van der Waals surface area contributed by atoms with Gasteiger partial charge < -0.3 is 15.0 Å². The van der Waals surface area contributed by atoms with Crippen molar-refractivity contribution >= 4 is 11.7 Å². The predicted molar refractivity (Wildman–Crippen MR) is 66.1 cm³/mol. The molecular weight excluding hydrogens is 216 g/mol. The minimum atomic E-state index is -0.349. The monoisotopic (exact) mass is 230 g/mol. The fraction of sp³-hybridized carbons (Fsp3) is 0.154. The topological polar surface area (TPSA) is 57.2 Å². The zero-order chi connectivity index (χ0) is 12.3. The van der Waals surface area contributed by atoms with Crippen LogP contribution in [0.15, 0.2) is 42.7 Å². The second kappa shape index (κ2) is 4.74. The van der Waals surface area contributed by atoms with Crippen molar-refractivity contribution in [3.63, 3.8) is 0 Å². The fourth-order valence-electron chi connectivity index (χ4n) is 1.63. The van der Waals surface area contributed by atoms with Crippen LogP contribution < -0.4 is 5.73 Å². The number of hydrogen-bond donors (Lipinski definition) is 1. The van der Waals surface area contributed by atoms with Crippen molar-refractivity contribution in [2.45, 2.75) is 6.92 Å². The summed E-state index contributed by atoms with van der Waals surface area (Å²) in [6, 6.07) is 8.98. The Balaban J connectivity index is 2.32. The van der Waals surface area contributed by atoms with E-state index in [4.69, 9.17) is 10.5 Å². The molecule has 0 fully saturated rings. The van der Waals surface area contributed by atoms with Crippen molar-refractivity contribution in [2.75, 3.05) is 12.3 Å². The van der Waals surface area contributed by atoms with Crippen LogP contribution in [-0.2, 0) is 4.74 Å². The predicted octanol–water partition coefficient (Wildman–Crippen LogP) is 2.24. The molecule has 0 unspecified atom stereocenters. The average Bonchev–Trinajstić information content (AvgIpc) is 2.82. The highest BCUT2D eigenvalue weighted by Crippen LogP contribution is 2.19. The summed E-state index contributed by atoms with van der Waals surface area (Å²) in [6.07, 6.45) is 3.80. The van der Waals surface area contributed by atoms with Gasteiger partial charge in [0.1, 0.15) is 0 Å². The van der Waals surface area contributed by atoms with Gasteiger partial charge in [0.2, 0.25) is 0 Å². The van der Waals surface area contributed by atoms with Crippen molar-refractivity contribution in [2.24, 2.45) is 0 Å². The molecule has 4 heteroatoms. The van der Waals surface area contributed by atoms with Crippen LogP contribution in [0, 0.1) is 0 Å². The molecule has 2 rings (SSSR count). The molecule has 0 bridgehead atoms. The summed E-state index contributed by atoms with van der Waals surface area (Å²) in [6.45, 7) is 2.13. The Bertz CT molecular complexity index is 518. The number of nitrogens with zero attached hydrogens (tertiary/aromatic N) is 1. The van der Waals surface area contributed by atoms with Gasteiger partial charge in [0.15, 0.2) is 0 Å². The third kappa shape index (κ3) is 2.30. The summed E-state index contributed by atoms with van der Waals surface area (Å²) < 4.78 is 6.81. The van der Waals surface area contributed by atoms with E-state index >= 15 is 0 Å². The van der Waals surface area contributed by atoms with Crippen LogP contribution in [-0.4, -0.2) is 17.1 Å². The van der Waals surface area contributed by atoms with Gasteiger partial charge in [-0.05, 0) is 37.3 Å². The molecule has 0 atom stereocenters. The Labute approximate surface area is 99.6 Å². The van der Waals surface area contributed by atoms with Gasteiger partial charge in [-0.2, -0.15) is 0 Å². The lowest BCUT2D eigenvalue weighted by Gasteiger charge is -2.08. The zero-order valence-electron chi connectivity index (χ0n) is 9.59. The fourth-order valence-corrected chi connectivity index (χ4v) is 1.63. The number of ether oxygens (including phenoxy) is 1. The van der Waals surface area contributed by atoms with Gasteiger partial charge in [-0.3, -0.25) is 0 Å². The number of hydrogen-bond acceptors (Lipinski definition) is 3. The van der Waals surface area contributed by atoms with Crippen molar-refractivity contribution in [1.82, 2.24) is 4.57 Å². The second-order valence-electron chi connectivity index (χ2n) is 3.58. The Morgan fingerprint density at radius 1 is 1.35 bits per heavy atom. The normalized spacial score (nSPS) is 10.2. The first kappa shape index (κ1) is 11.3. The highest BCUT2D eigenvalue weighted by atomic mass is 16.5. The number of benzene rings is 1. The average molecular weight is 230 g/mol. The summed E-state index contributed by atoms with van der Waals surface area (Å²) in [7, 11) is 0. The van der Waals surface area contributed by atoms with Crippen LogP contribution in [0.4, 0.5) is 5.69 Å². The van der Waals surface area contributed by atoms with Crippen LogP contribution in [0.3, 0.4) is 0 Å². The molecule has 0 spiro atoms. The molecular formula is C13H14N2O2. The van der Waals surface area contributed by atoms with Crippen LogP contribution in [0.5, 0.6) is 0 Å². The first-order chi connectivity index (χ1) is 8.22. The summed E-state index contributed by atoms with van der Waals surface area (Å²) in [5, 5.41) is 0. The van der Waals surface area contributed by atoms with E-state index in [2.05, 4.69) is 0 Å². The van der Waals surface area contributed by atoms with Crippen LogP contribution >= 0.6 is 0 Å². The van der Waals surface area contributed by atoms with Crippen molar-refractivity contribution in [3.05, 3.63) is 48.3 Å². The molecule has 1 aromatic carbocycles. The van der Waals surface area contributed by atoms with Crippen molar-refractivity contribution in [1.29, 1.82) is 0 Å². The van der Waals surface area contributed by atoms with Crippen molar-refractivity contribution in [3.8, 4) is 5.69 Å². The second-order valence-corrected chi connectivity index (χ2v) is 3.58. The third-order valence-electron chi connectivity index (χ3n) is 2.42. The van der Waals surface area contributed by atoms with Gasteiger partial charge >= 0.3 is 5.97 Å². The first-order valence-corrected chi connectivity index (χ1v) is 5.42. The molecule has 2 N–H and O–H groups in total. The maximum absolute atomic E-state index is 11.5. The third-order valence-corrected chi connectivity index (χ3v) is 2.42. The lowest BCUT2D eigenvalue weighted by Crippen LogP contribution is -2.06. The lowest BCUT2D eigenvalue weighted by molar-refractivity contribution is 0.0526. The largest absolute Gasteiger partial charge is 0.462 e. The van der Waals surface area contributed by atoms with E-state index in [1.807, 2.05) is 35.2 Å². The van der Waals surface area contributed by atoms with E-state index < -0.39 is 0 Å². The summed E-state index contributed by atoms with van der Waals surface area (Å²) in [5.74, 6) is -0.349. The summed E-state index contributed by atoms with van der Waals surface area (Å²) in [5.41, 5.74) is 7.79. The van der Waals surface area contributed by atoms with E-state index in [-0.39, 0.29) is 5.97 Å². The van der Waals surface area contributed by atoms with Gasteiger partial charge in [0.05, 0.1) is 23.5 Å². The summed E-state index contributed by atoms with van der Waals surface area (Å²) in [4.78, 5) is 11.5. The molecule has 0 saturated carbocycles. The molecule has 0 aliphatic heterocycles. The highest BCUT2D eigenvalue weighted by Gasteiger charge is 2.09. The lowest BCUT2D eigenvalue weighted by atomic mass is 10.1. The smallest absolute Gasteiger partial charge is 0.338 e. The Kier molecular flexibility index (Phi) is 3.14. The number of carbonyl (C=O) groups excluding carboxylic acids is 1. The van der Waals surface area contributed by atoms with Gasteiger partial charge in [-0.15, -0.1) is 0 Å². The van der Waals surface area contributed by atoms with Crippen LogP contribution in [0.1, 0.15) is 17.3 Å². The molecule has 0 aliphatic rings. The number of aromatic nitrogens is 1. The molecule has 0 radical (unpaired) electrons. The van der Waals surface area contributed by atoms with Crippen LogP contribution in [0.2, 0.25) is 0 Å². The quantitative estimate of drug-likeness (QED) is 0.649. The van der Waals surface area contributed by atoms with Crippen molar-refractivity contribution < 1.29 is 9.53 Å². The number of rotatable bonds is 3. The molecule has 17 heavy (non-hydrogen) atoms. The SMILES string of the molecule is CCOC(=O)c1ccc(-n2cccc2)c(N)c1. The van der Waals surface area contributed by atoms with E-state index in [1.54, 1.807) is 19.1 Å². The van der Waals surface area contributed by atoms with E-state index in [0.717, 1.165) is 5.69 Å². The Hall–Kier alpha value is -2.23. The molecule has 0 saturated heterocycles. The molecule has 1 heterocycles. The molecule has 0 amide bonds. The molecule has 2 aromatic rings. The molecule has 88 valence electrons. The maximum Gasteiger partial charge on any atom is 0.338 e. The van der Waals surface area contributed by atoms with Crippen LogP contribution in [0.25, 0.3) is 5.69 Å². The number of esters is 1. The van der Waals surface area contributed by atoms with E-state index in [0.29, 0.717) is 17.9 Å². The maximum atomic E-state index is 11.5. The minimum Gasteiger partial charge on any atom is -0.462 e. The number of nitrogen functional groups attached to an aromatic ring is 1. The Morgan fingerprint density at radius 2 is 2.06 bits per heavy atom. The summed E-state index contributed by atoms with van der Waals surface area (Å²) >= 11 is 0. The number of anilines is 1. The number of carbonyl (C=O) groups is 1. The molecule has 0 aliphatic carbocycles. The van der Waals surface area contributed by atoms with Gasteiger partial charge in [-0.25, -0.2) is 4.79 Å². The van der Waals surface area contributed by atoms with Gasteiger partial charge in [0.25, 0.3) is 0 Å². The molecule has 1 aromatic heterocycles.